The largest absolute Gasteiger partial charge is 0.486 e. The number of carbonyl (C=O) groups excluding carboxylic acids is 2. The number of hydrogen-bond acceptors (Lipinski definition) is 5. The fourth-order valence-electron chi connectivity index (χ4n) is 3.81. The minimum Gasteiger partial charge on any atom is -0.486 e. The van der Waals surface area contributed by atoms with Gasteiger partial charge in [0.05, 0.1) is 11.8 Å². The van der Waals surface area contributed by atoms with Crippen molar-refractivity contribution in [3.63, 3.8) is 0 Å². The zero-order valence-corrected chi connectivity index (χ0v) is 18.0. The number of benzene rings is 1. The highest BCUT2D eigenvalue weighted by molar-refractivity contribution is 5.97. The van der Waals surface area contributed by atoms with Crippen LogP contribution < -0.4 is 9.64 Å². The van der Waals surface area contributed by atoms with Crippen LogP contribution in [0.4, 0.5) is 10.1 Å². The predicted octanol–water partition coefficient (Wildman–Crippen LogP) is 3.09. The average molecular weight is 428 g/mol. The summed E-state index contributed by atoms with van der Waals surface area (Å²) in [6.45, 7) is 8.45. The fourth-order valence-corrected chi connectivity index (χ4v) is 3.81. The SMILES string of the molecule is CC(C)Oc1c(F)cccc1N1CCN(CCCN2C(=O)CCCC2=O)CC1.Cl. The van der Waals surface area contributed by atoms with E-state index in [2.05, 4.69) is 9.80 Å². The van der Waals surface area contributed by atoms with Crippen molar-refractivity contribution in [1.82, 2.24) is 9.80 Å². The second kappa shape index (κ2) is 10.8. The van der Waals surface area contributed by atoms with E-state index in [1.165, 1.54) is 11.0 Å². The second-order valence-electron chi connectivity index (χ2n) is 7.73. The van der Waals surface area contributed by atoms with Crippen molar-refractivity contribution in [2.75, 3.05) is 44.2 Å². The highest BCUT2D eigenvalue weighted by Gasteiger charge is 2.26. The Morgan fingerprint density at radius 2 is 1.69 bits per heavy atom. The van der Waals surface area contributed by atoms with Crippen LogP contribution in [0.5, 0.6) is 5.75 Å². The summed E-state index contributed by atoms with van der Waals surface area (Å²) in [4.78, 5) is 29.6. The Hall–Kier alpha value is -1.86. The van der Waals surface area contributed by atoms with Crippen molar-refractivity contribution in [1.29, 1.82) is 0 Å². The van der Waals surface area contributed by atoms with Gasteiger partial charge in [-0.05, 0) is 45.4 Å². The molecule has 0 spiro atoms. The van der Waals surface area contributed by atoms with Crippen molar-refractivity contribution in [2.24, 2.45) is 0 Å². The smallest absolute Gasteiger partial charge is 0.229 e. The number of ether oxygens (including phenoxy) is 1. The van der Waals surface area contributed by atoms with Gasteiger partial charge in [0.1, 0.15) is 0 Å². The molecule has 2 amide bonds. The quantitative estimate of drug-likeness (QED) is 0.626. The topological polar surface area (TPSA) is 53.1 Å². The number of piperidine rings is 1. The zero-order chi connectivity index (χ0) is 20.1. The number of halogens is 2. The number of amides is 2. The second-order valence-corrected chi connectivity index (χ2v) is 7.73. The van der Waals surface area contributed by atoms with Crippen LogP contribution in [0.25, 0.3) is 0 Å². The van der Waals surface area contributed by atoms with E-state index in [0.29, 0.717) is 31.6 Å². The third-order valence-electron chi connectivity index (χ3n) is 5.25. The van der Waals surface area contributed by atoms with Crippen LogP contribution in [0.2, 0.25) is 0 Å². The molecule has 6 nitrogen and oxygen atoms in total. The van der Waals surface area contributed by atoms with E-state index in [0.717, 1.165) is 44.8 Å². The molecule has 0 bridgehead atoms. The first-order valence-electron chi connectivity index (χ1n) is 10.2. The molecule has 0 aliphatic carbocycles. The van der Waals surface area contributed by atoms with Crippen LogP contribution in [0.15, 0.2) is 18.2 Å². The van der Waals surface area contributed by atoms with Crippen LogP contribution in [0.1, 0.15) is 39.5 Å². The highest BCUT2D eigenvalue weighted by Crippen LogP contribution is 2.32. The van der Waals surface area contributed by atoms with Crippen molar-refractivity contribution in [3.05, 3.63) is 24.0 Å². The lowest BCUT2D eigenvalue weighted by atomic mass is 10.1. The molecule has 2 aliphatic heterocycles. The van der Waals surface area contributed by atoms with Gasteiger partial charge in [-0.15, -0.1) is 12.4 Å². The van der Waals surface area contributed by atoms with Crippen molar-refractivity contribution in [2.45, 2.75) is 45.6 Å². The molecule has 3 rings (SSSR count). The number of hydrogen-bond donors (Lipinski definition) is 0. The molecule has 0 atom stereocenters. The molecule has 2 fully saturated rings. The first kappa shape index (κ1) is 23.4. The summed E-state index contributed by atoms with van der Waals surface area (Å²) in [5.41, 5.74) is 0.804. The molecule has 0 N–H and O–H groups in total. The highest BCUT2D eigenvalue weighted by atomic mass is 35.5. The van der Waals surface area contributed by atoms with Gasteiger partial charge >= 0.3 is 0 Å². The Bertz CT molecular complexity index is 692. The lowest BCUT2D eigenvalue weighted by molar-refractivity contribution is -0.148. The van der Waals surface area contributed by atoms with Crippen LogP contribution >= 0.6 is 12.4 Å². The molecule has 2 heterocycles. The molecule has 0 saturated carbocycles. The molecule has 0 unspecified atom stereocenters. The minimum atomic E-state index is -0.329. The molecule has 1 aromatic carbocycles. The summed E-state index contributed by atoms with van der Waals surface area (Å²) in [6, 6.07) is 5.06. The zero-order valence-electron chi connectivity index (χ0n) is 17.2. The molecular weight excluding hydrogens is 397 g/mol. The van der Waals surface area contributed by atoms with Crippen LogP contribution in [0.3, 0.4) is 0 Å². The minimum absolute atomic E-state index is 0. The Balaban J connectivity index is 0.00000300. The van der Waals surface area contributed by atoms with Gasteiger partial charge in [0.25, 0.3) is 0 Å². The normalized spacial score (nSPS) is 18.2. The Labute approximate surface area is 178 Å². The summed E-state index contributed by atoms with van der Waals surface area (Å²) < 4.78 is 19.9. The molecule has 1 aromatic rings. The van der Waals surface area contributed by atoms with Gasteiger partial charge in [0.2, 0.25) is 11.8 Å². The number of piperazine rings is 1. The molecule has 29 heavy (non-hydrogen) atoms. The van der Waals surface area contributed by atoms with Crippen molar-refractivity contribution < 1.29 is 18.7 Å². The number of anilines is 1. The number of rotatable bonds is 7. The van der Waals surface area contributed by atoms with E-state index in [-0.39, 0.29) is 36.1 Å². The molecule has 162 valence electrons. The average Bonchev–Trinajstić information content (AvgIpc) is 2.66. The van der Waals surface area contributed by atoms with Crippen LogP contribution in [-0.4, -0.2) is 67.0 Å². The van der Waals surface area contributed by atoms with Gasteiger partial charge in [-0.25, -0.2) is 4.39 Å². The molecule has 2 aliphatic rings. The van der Waals surface area contributed by atoms with E-state index in [1.807, 2.05) is 19.9 Å². The van der Waals surface area contributed by atoms with Gasteiger partial charge in [-0.3, -0.25) is 19.4 Å². The van der Waals surface area contributed by atoms with Gasteiger partial charge in [0, 0.05) is 45.6 Å². The molecule has 8 heteroatoms. The van der Waals surface area contributed by atoms with E-state index in [9.17, 15) is 14.0 Å². The molecule has 0 radical (unpaired) electrons. The van der Waals surface area contributed by atoms with Crippen LogP contribution in [-0.2, 0) is 9.59 Å². The monoisotopic (exact) mass is 427 g/mol. The number of imide groups is 1. The van der Waals surface area contributed by atoms with Crippen LogP contribution in [0, 0.1) is 5.82 Å². The van der Waals surface area contributed by atoms with E-state index >= 15 is 0 Å². The van der Waals surface area contributed by atoms with Crippen molar-refractivity contribution in [3.8, 4) is 5.75 Å². The summed E-state index contributed by atoms with van der Waals surface area (Å²) in [6.07, 6.45) is 2.35. The standard InChI is InChI=1S/C21H30FN3O3.ClH/c1-16(2)28-21-17(22)6-3-7-18(21)24-14-12-23(13-15-24)10-5-11-25-19(26)8-4-9-20(25)27;/h3,6-7,16H,4-5,8-15H2,1-2H3;1H. The lowest BCUT2D eigenvalue weighted by Crippen LogP contribution is -2.47. The number of likely N-dealkylation sites (tertiary alicyclic amines) is 1. The molecular formula is C21H31ClFN3O3. The lowest BCUT2D eigenvalue weighted by Gasteiger charge is -2.37. The molecule has 0 aromatic heterocycles. The van der Waals surface area contributed by atoms with Gasteiger partial charge < -0.3 is 9.64 Å². The maximum absolute atomic E-state index is 14.2. The maximum Gasteiger partial charge on any atom is 0.229 e. The van der Waals surface area contributed by atoms with Gasteiger partial charge in [-0.1, -0.05) is 6.07 Å². The first-order chi connectivity index (χ1) is 13.5. The van der Waals surface area contributed by atoms with Gasteiger partial charge in [0.15, 0.2) is 11.6 Å². The van der Waals surface area contributed by atoms with E-state index in [1.54, 1.807) is 6.07 Å². The summed E-state index contributed by atoms with van der Waals surface area (Å²) in [7, 11) is 0. The third-order valence-corrected chi connectivity index (χ3v) is 5.25. The number of para-hydroxylation sites is 1. The maximum atomic E-state index is 14.2. The summed E-state index contributed by atoms with van der Waals surface area (Å²) >= 11 is 0. The van der Waals surface area contributed by atoms with E-state index in [4.69, 9.17) is 4.74 Å². The Morgan fingerprint density at radius 1 is 1.03 bits per heavy atom. The summed E-state index contributed by atoms with van der Waals surface area (Å²) in [5, 5.41) is 0. The Kier molecular flexibility index (Phi) is 8.71. The first-order valence-corrected chi connectivity index (χ1v) is 10.2. The van der Waals surface area contributed by atoms with E-state index < -0.39 is 0 Å². The molecule has 2 saturated heterocycles. The third kappa shape index (κ3) is 6.06. The fraction of sp³-hybridized carbons (Fsp3) is 0.619. The summed E-state index contributed by atoms with van der Waals surface area (Å²) in [5.74, 6) is -0.0766. The number of nitrogens with zero attached hydrogens (tertiary/aromatic N) is 3. The predicted molar refractivity (Wildman–Crippen MR) is 113 cm³/mol. The number of carbonyl (C=O) groups is 2. The van der Waals surface area contributed by atoms with Crippen molar-refractivity contribution >= 4 is 29.9 Å². The Morgan fingerprint density at radius 3 is 2.31 bits per heavy atom. The van der Waals surface area contributed by atoms with Gasteiger partial charge in [-0.2, -0.15) is 0 Å².